The quantitative estimate of drug-likeness (QED) is 0.825. The van der Waals surface area contributed by atoms with E-state index in [0.29, 0.717) is 24.7 Å². The van der Waals surface area contributed by atoms with Gasteiger partial charge in [0.1, 0.15) is 11.5 Å². The Balaban J connectivity index is 2.32. The summed E-state index contributed by atoms with van der Waals surface area (Å²) in [7, 11) is 7.52. The molecule has 0 aromatic carbocycles. The van der Waals surface area contributed by atoms with Crippen LogP contribution in [-0.4, -0.2) is 74.3 Å². The molecule has 1 aromatic rings. The first-order valence-corrected chi connectivity index (χ1v) is 7.46. The molecule has 0 bridgehead atoms. The van der Waals surface area contributed by atoms with Crippen molar-refractivity contribution in [2.75, 3.05) is 51.1 Å². The Morgan fingerprint density at radius 2 is 1.73 bits per heavy atom. The number of hydrogen-bond acceptors (Lipinski definition) is 6. The van der Waals surface area contributed by atoms with Crippen molar-refractivity contribution in [3.05, 3.63) is 11.8 Å². The summed E-state index contributed by atoms with van der Waals surface area (Å²) < 4.78 is 5.68. The highest BCUT2D eigenvalue weighted by Crippen LogP contribution is 2.18. The smallest absolute Gasteiger partial charge is 0.272 e. The van der Waals surface area contributed by atoms with E-state index in [1.807, 2.05) is 46.9 Å². The Morgan fingerprint density at radius 1 is 1.14 bits per heavy atom. The zero-order valence-corrected chi connectivity index (χ0v) is 14.2. The molecule has 1 saturated heterocycles. The summed E-state index contributed by atoms with van der Waals surface area (Å²) in [6.07, 6.45) is 0.0763. The van der Waals surface area contributed by atoms with Gasteiger partial charge in [-0.1, -0.05) is 0 Å². The van der Waals surface area contributed by atoms with Crippen LogP contribution in [0.4, 0.5) is 11.8 Å². The summed E-state index contributed by atoms with van der Waals surface area (Å²) in [5.41, 5.74) is 0.420. The van der Waals surface area contributed by atoms with Gasteiger partial charge < -0.3 is 19.4 Å². The number of hydrogen-bond donors (Lipinski definition) is 0. The van der Waals surface area contributed by atoms with Crippen molar-refractivity contribution in [1.82, 2.24) is 14.9 Å². The van der Waals surface area contributed by atoms with Crippen molar-refractivity contribution < 1.29 is 9.53 Å². The number of aromatic nitrogens is 2. The van der Waals surface area contributed by atoms with Gasteiger partial charge in [-0.2, -0.15) is 4.98 Å². The highest BCUT2D eigenvalue weighted by molar-refractivity contribution is 5.93. The lowest BCUT2D eigenvalue weighted by Gasteiger charge is -2.35. The lowest BCUT2D eigenvalue weighted by atomic mass is 10.2. The van der Waals surface area contributed by atoms with Gasteiger partial charge in [-0.3, -0.25) is 4.79 Å². The van der Waals surface area contributed by atoms with Crippen LogP contribution in [0.5, 0.6) is 0 Å². The maximum Gasteiger partial charge on any atom is 0.272 e. The number of nitrogens with zero attached hydrogens (tertiary/aromatic N) is 5. The molecule has 1 amide bonds. The Bertz CT molecular complexity index is 510. The predicted octanol–water partition coefficient (Wildman–Crippen LogP) is 0.858. The Kier molecular flexibility index (Phi) is 4.85. The van der Waals surface area contributed by atoms with E-state index >= 15 is 0 Å². The highest BCUT2D eigenvalue weighted by Gasteiger charge is 2.28. The van der Waals surface area contributed by atoms with Crippen LogP contribution in [0.15, 0.2) is 6.07 Å². The molecule has 0 spiro atoms. The van der Waals surface area contributed by atoms with Crippen molar-refractivity contribution >= 4 is 17.7 Å². The van der Waals surface area contributed by atoms with E-state index < -0.39 is 0 Å². The number of amides is 1. The Morgan fingerprint density at radius 3 is 2.23 bits per heavy atom. The number of carbonyl (C=O) groups excluding carboxylic acids is 1. The standard InChI is InChI=1S/C15H25N5O2/c1-10-8-20(9-11(2)22-10)14(21)12-7-13(18(3)4)17-15(16-12)19(5)6/h7,10-11H,8-9H2,1-6H3/t10-,11+. The summed E-state index contributed by atoms with van der Waals surface area (Å²) in [4.78, 5) is 27.1. The first kappa shape index (κ1) is 16.5. The van der Waals surface area contributed by atoms with Crippen LogP contribution in [0.25, 0.3) is 0 Å². The molecule has 1 aliphatic heterocycles. The van der Waals surface area contributed by atoms with Crippen molar-refractivity contribution in [2.45, 2.75) is 26.1 Å². The summed E-state index contributed by atoms with van der Waals surface area (Å²) in [5.74, 6) is 1.18. The van der Waals surface area contributed by atoms with E-state index in [2.05, 4.69) is 9.97 Å². The predicted molar refractivity (Wildman–Crippen MR) is 86.6 cm³/mol. The van der Waals surface area contributed by atoms with E-state index in [-0.39, 0.29) is 18.1 Å². The van der Waals surface area contributed by atoms with Crippen LogP contribution < -0.4 is 9.80 Å². The number of morpholine rings is 1. The first-order valence-electron chi connectivity index (χ1n) is 7.46. The van der Waals surface area contributed by atoms with Crippen LogP contribution in [0.1, 0.15) is 24.3 Å². The van der Waals surface area contributed by atoms with Crippen molar-refractivity contribution in [2.24, 2.45) is 0 Å². The van der Waals surface area contributed by atoms with E-state index in [1.54, 1.807) is 15.9 Å². The Labute approximate surface area is 131 Å². The minimum Gasteiger partial charge on any atom is -0.372 e. The molecule has 0 N–H and O–H groups in total. The van der Waals surface area contributed by atoms with Crippen LogP contribution in [-0.2, 0) is 4.74 Å². The molecule has 122 valence electrons. The maximum absolute atomic E-state index is 12.8. The third-order valence-electron chi connectivity index (χ3n) is 3.48. The molecule has 1 fully saturated rings. The van der Waals surface area contributed by atoms with Gasteiger partial charge in [0.15, 0.2) is 0 Å². The molecule has 0 aliphatic carbocycles. The third kappa shape index (κ3) is 3.65. The van der Waals surface area contributed by atoms with Gasteiger partial charge in [0.25, 0.3) is 5.91 Å². The van der Waals surface area contributed by atoms with E-state index in [0.717, 1.165) is 5.82 Å². The minimum absolute atomic E-state index is 0.0381. The molecule has 7 heteroatoms. The first-order chi connectivity index (χ1) is 10.3. The molecule has 2 heterocycles. The van der Waals surface area contributed by atoms with Crippen molar-refractivity contribution in [1.29, 1.82) is 0 Å². The van der Waals surface area contributed by atoms with Crippen LogP contribution >= 0.6 is 0 Å². The van der Waals surface area contributed by atoms with Crippen LogP contribution in [0.2, 0.25) is 0 Å². The molecule has 7 nitrogen and oxygen atoms in total. The monoisotopic (exact) mass is 307 g/mol. The molecular formula is C15H25N5O2. The summed E-state index contributed by atoms with van der Waals surface area (Å²) in [6.45, 7) is 5.13. The molecule has 22 heavy (non-hydrogen) atoms. The fraction of sp³-hybridized carbons (Fsp3) is 0.667. The largest absolute Gasteiger partial charge is 0.372 e. The summed E-state index contributed by atoms with van der Waals surface area (Å²) >= 11 is 0. The zero-order chi connectivity index (χ0) is 16.4. The molecule has 0 radical (unpaired) electrons. The number of anilines is 2. The van der Waals surface area contributed by atoms with Crippen molar-refractivity contribution in [3.8, 4) is 0 Å². The van der Waals surface area contributed by atoms with Crippen LogP contribution in [0.3, 0.4) is 0 Å². The zero-order valence-electron chi connectivity index (χ0n) is 14.2. The number of rotatable bonds is 3. The lowest BCUT2D eigenvalue weighted by Crippen LogP contribution is -2.48. The topological polar surface area (TPSA) is 61.8 Å². The highest BCUT2D eigenvalue weighted by atomic mass is 16.5. The molecule has 2 rings (SSSR count). The molecule has 0 saturated carbocycles. The van der Waals surface area contributed by atoms with E-state index in [4.69, 9.17) is 4.74 Å². The summed E-state index contributed by atoms with van der Waals surface area (Å²) in [5, 5.41) is 0. The van der Waals surface area contributed by atoms with Crippen LogP contribution in [0, 0.1) is 0 Å². The average molecular weight is 307 g/mol. The normalized spacial score (nSPS) is 21.6. The second kappa shape index (κ2) is 6.48. The van der Waals surface area contributed by atoms with Gasteiger partial charge in [0, 0.05) is 47.3 Å². The van der Waals surface area contributed by atoms with Crippen molar-refractivity contribution in [3.63, 3.8) is 0 Å². The molecular weight excluding hydrogens is 282 g/mol. The SMILES string of the molecule is C[C@@H]1CN(C(=O)c2cc(N(C)C)nc(N(C)C)n2)C[C@H](C)O1. The Hall–Kier alpha value is -1.89. The summed E-state index contributed by atoms with van der Waals surface area (Å²) in [6, 6.07) is 1.74. The lowest BCUT2D eigenvalue weighted by molar-refractivity contribution is -0.0587. The molecule has 0 unspecified atom stereocenters. The minimum atomic E-state index is -0.0735. The van der Waals surface area contributed by atoms with Gasteiger partial charge in [0.05, 0.1) is 12.2 Å². The molecule has 1 aromatic heterocycles. The van der Waals surface area contributed by atoms with Gasteiger partial charge in [-0.25, -0.2) is 4.98 Å². The van der Waals surface area contributed by atoms with Gasteiger partial charge in [-0.05, 0) is 13.8 Å². The number of carbonyl (C=O) groups is 1. The number of ether oxygens (including phenoxy) is 1. The van der Waals surface area contributed by atoms with E-state index in [1.165, 1.54) is 0 Å². The second-order valence-electron chi connectivity index (χ2n) is 6.17. The molecule has 1 aliphatic rings. The van der Waals surface area contributed by atoms with E-state index in [9.17, 15) is 4.79 Å². The fourth-order valence-electron chi connectivity index (χ4n) is 2.47. The maximum atomic E-state index is 12.8. The fourth-order valence-corrected chi connectivity index (χ4v) is 2.47. The average Bonchev–Trinajstić information content (AvgIpc) is 2.44. The van der Waals surface area contributed by atoms with Gasteiger partial charge >= 0.3 is 0 Å². The molecule has 2 atom stereocenters. The third-order valence-corrected chi connectivity index (χ3v) is 3.48. The van der Waals surface area contributed by atoms with Gasteiger partial charge in [0.2, 0.25) is 5.95 Å². The second-order valence-corrected chi connectivity index (χ2v) is 6.17. The van der Waals surface area contributed by atoms with Gasteiger partial charge in [-0.15, -0.1) is 0 Å².